The molecule has 3 rings (SSSR count). The first-order valence-corrected chi connectivity index (χ1v) is 13.4. The SMILES string of the molecule is C=CCCCCCCCCCCc1ccc(COC(=O)Cc2cccc3c2C(=O)NC3=O)c(CC)c1. The fourth-order valence-electron chi connectivity index (χ4n) is 4.79. The molecule has 1 heterocycles. The van der Waals surface area contributed by atoms with Crippen molar-refractivity contribution in [2.45, 2.75) is 90.6 Å². The molecule has 1 aliphatic heterocycles. The average molecular weight is 490 g/mol. The number of carbonyl (C=O) groups excluding carboxylic acids is 3. The van der Waals surface area contributed by atoms with Crippen molar-refractivity contribution < 1.29 is 19.1 Å². The lowest BCUT2D eigenvalue weighted by molar-refractivity contribution is -0.144. The molecule has 1 N–H and O–H groups in total. The molecule has 2 aromatic carbocycles. The Morgan fingerprint density at radius 3 is 2.33 bits per heavy atom. The molecule has 0 aromatic heterocycles. The van der Waals surface area contributed by atoms with Crippen LogP contribution >= 0.6 is 0 Å². The molecule has 0 saturated heterocycles. The third kappa shape index (κ3) is 7.91. The predicted molar refractivity (Wildman–Crippen MR) is 143 cm³/mol. The van der Waals surface area contributed by atoms with Gasteiger partial charge in [0.2, 0.25) is 0 Å². The van der Waals surface area contributed by atoms with Crippen molar-refractivity contribution >= 4 is 17.8 Å². The number of fused-ring (bicyclic) bond motifs is 1. The average Bonchev–Trinajstić information content (AvgIpc) is 3.18. The highest BCUT2D eigenvalue weighted by atomic mass is 16.5. The summed E-state index contributed by atoms with van der Waals surface area (Å²) in [6.07, 6.45) is 15.4. The second-order valence-corrected chi connectivity index (χ2v) is 9.57. The molecule has 0 saturated carbocycles. The van der Waals surface area contributed by atoms with Gasteiger partial charge in [-0.2, -0.15) is 0 Å². The maximum atomic E-state index is 12.5. The van der Waals surface area contributed by atoms with Gasteiger partial charge < -0.3 is 4.74 Å². The zero-order chi connectivity index (χ0) is 25.8. The molecule has 5 nitrogen and oxygen atoms in total. The topological polar surface area (TPSA) is 72.5 Å². The van der Waals surface area contributed by atoms with Gasteiger partial charge in [0.25, 0.3) is 11.8 Å². The quantitative estimate of drug-likeness (QED) is 0.124. The molecular formula is C31H39NO4. The molecule has 0 spiro atoms. The Labute approximate surface area is 215 Å². The third-order valence-corrected chi connectivity index (χ3v) is 6.85. The van der Waals surface area contributed by atoms with E-state index < -0.39 is 17.8 Å². The summed E-state index contributed by atoms with van der Waals surface area (Å²) in [6.45, 7) is 6.09. The first-order valence-electron chi connectivity index (χ1n) is 13.4. The van der Waals surface area contributed by atoms with Crippen LogP contribution in [0.15, 0.2) is 49.1 Å². The number of nitrogens with one attached hydrogen (secondary N) is 1. The standard InChI is InChI=1S/C31H39NO4/c1-3-5-6-7-8-9-10-11-12-13-15-23-18-19-26(24(4-2)20-23)22-36-28(33)21-25-16-14-17-27-29(25)31(35)32-30(27)34/h3,14,16-20H,1,4-13,15,21-22H2,2H3,(H,32,34,35). The van der Waals surface area contributed by atoms with Crippen LogP contribution in [0.2, 0.25) is 0 Å². The normalized spacial score (nSPS) is 12.4. The number of allylic oxidation sites excluding steroid dienone is 1. The highest BCUT2D eigenvalue weighted by Crippen LogP contribution is 2.22. The first-order chi connectivity index (χ1) is 17.5. The third-order valence-electron chi connectivity index (χ3n) is 6.85. The Bertz CT molecular complexity index is 1070. The molecule has 5 heteroatoms. The summed E-state index contributed by atoms with van der Waals surface area (Å²) in [6, 6.07) is 11.4. The van der Waals surface area contributed by atoms with Gasteiger partial charge in [0, 0.05) is 0 Å². The van der Waals surface area contributed by atoms with Gasteiger partial charge in [0.05, 0.1) is 17.5 Å². The Balaban J connectivity index is 1.41. The van der Waals surface area contributed by atoms with Crippen LogP contribution in [-0.4, -0.2) is 17.8 Å². The summed E-state index contributed by atoms with van der Waals surface area (Å²) in [5.41, 5.74) is 4.65. The van der Waals surface area contributed by atoms with Crippen LogP contribution < -0.4 is 5.32 Å². The Hall–Kier alpha value is -3.21. The lowest BCUT2D eigenvalue weighted by atomic mass is 9.98. The number of benzene rings is 2. The number of hydrogen-bond acceptors (Lipinski definition) is 4. The molecule has 2 amide bonds. The number of esters is 1. The highest BCUT2D eigenvalue weighted by molar-refractivity contribution is 6.22. The molecule has 0 radical (unpaired) electrons. The van der Waals surface area contributed by atoms with E-state index in [1.807, 2.05) is 6.08 Å². The van der Waals surface area contributed by atoms with Crippen molar-refractivity contribution in [1.29, 1.82) is 0 Å². The zero-order valence-electron chi connectivity index (χ0n) is 21.6. The van der Waals surface area contributed by atoms with Gasteiger partial charge in [-0.1, -0.05) is 81.9 Å². The van der Waals surface area contributed by atoms with E-state index in [4.69, 9.17) is 4.74 Å². The van der Waals surface area contributed by atoms with E-state index in [1.54, 1.807) is 18.2 Å². The maximum absolute atomic E-state index is 12.5. The van der Waals surface area contributed by atoms with Crippen LogP contribution in [0.25, 0.3) is 0 Å². The van der Waals surface area contributed by atoms with Gasteiger partial charge in [-0.05, 0) is 60.4 Å². The minimum absolute atomic E-state index is 0.0434. The number of unbranched alkanes of at least 4 members (excludes halogenated alkanes) is 8. The molecular weight excluding hydrogens is 450 g/mol. The molecule has 0 aliphatic carbocycles. The lowest BCUT2D eigenvalue weighted by Gasteiger charge is -2.12. The van der Waals surface area contributed by atoms with E-state index in [9.17, 15) is 14.4 Å². The lowest BCUT2D eigenvalue weighted by Crippen LogP contribution is -2.20. The molecule has 0 atom stereocenters. The maximum Gasteiger partial charge on any atom is 0.310 e. The van der Waals surface area contributed by atoms with Gasteiger partial charge in [-0.25, -0.2) is 0 Å². The van der Waals surface area contributed by atoms with Crippen LogP contribution in [0.3, 0.4) is 0 Å². The van der Waals surface area contributed by atoms with Crippen LogP contribution in [0, 0.1) is 0 Å². The van der Waals surface area contributed by atoms with E-state index in [0.29, 0.717) is 11.1 Å². The molecule has 0 fully saturated rings. The Morgan fingerprint density at radius 1 is 0.889 bits per heavy atom. The van der Waals surface area contributed by atoms with Crippen LogP contribution in [0.4, 0.5) is 0 Å². The second-order valence-electron chi connectivity index (χ2n) is 9.57. The molecule has 1 aliphatic rings. The largest absolute Gasteiger partial charge is 0.461 e. The Morgan fingerprint density at radius 2 is 1.61 bits per heavy atom. The van der Waals surface area contributed by atoms with E-state index in [0.717, 1.165) is 24.8 Å². The molecule has 0 unspecified atom stereocenters. The fraction of sp³-hybridized carbons (Fsp3) is 0.452. The second kappa shape index (κ2) is 14.4. The summed E-state index contributed by atoms with van der Waals surface area (Å²) in [5.74, 6) is -1.29. The van der Waals surface area contributed by atoms with Gasteiger partial charge in [0.15, 0.2) is 0 Å². The van der Waals surface area contributed by atoms with Crippen LogP contribution in [0.5, 0.6) is 0 Å². The Kier molecular flexibility index (Phi) is 10.9. The van der Waals surface area contributed by atoms with Gasteiger partial charge in [0.1, 0.15) is 6.61 Å². The number of rotatable bonds is 16. The first kappa shape index (κ1) is 27.4. The minimum Gasteiger partial charge on any atom is -0.461 e. The van der Waals surface area contributed by atoms with Crippen molar-refractivity contribution in [1.82, 2.24) is 5.32 Å². The number of aryl methyl sites for hydroxylation is 2. The van der Waals surface area contributed by atoms with Crippen LogP contribution in [-0.2, 0) is 35.4 Å². The van der Waals surface area contributed by atoms with Gasteiger partial charge in [-0.15, -0.1) is 6.58 Å². The summed E-state index contributed by atoms with van der Waals surface area (Å²) in [5, 5.41) is 2.28. The van der Waals surface area contributed by atoms with Crippen molar-refractivity contribution in [3.63, 3.8) is 0 Å². The zero-order valence-corrected chi connectivity index (χ0v) is 21.6. The van der Waals surface area contributed by atoms with Crippen molar-refractivity contribution in [3.8, 4) is 0 Å². The smallest absolute Gasteiger partial charge is 0.310 e. The number of carbonyl (C=O) groups is 3. The number of ether oxygens (including phenoxy) is 1. The van der Waals surface area contributed by atoms with E-state index >= 15 is 0 Å². The van der Waals surface area contributed by atoms with Crippen molar-refractivity contribution in [3.05, 3.63) is 82.4 Å². The monoisotopic (exact) mass is 489 g/mol. The van der Waals surface area contributed by atoms with Gasteiger partial charge >= 0.3 is 5.97 Å². The molecule has 36 heavy (non-hydrogen) atoms. The highest BCUT2D eigenvalue weighted by Gasteiger charge is 2.29. The van der Waals surface area contributed by atoms with Crippen molar-refractivity contribution in [2.75, 3.05) is 0 Å². The van der Waals surface area contributed by atoms with Crippen molar-refractivity contribution in [2.24, 2.45) is 0 Å². The minimum atomic E-state index is -0.457. The summed E-state index contributed by atoms with van der Waals surface area (Å²) >= 11 is 0. The van der Waals surface area contributed by atoms with E-state index in [1.165, 1.54) is 62.5 Å². The summed E-state index contributed by atoms with van der Waals surface area (Å²) < 4.78 is 5.54. The van der Waals surface area contributed by atoms with E-state index in [2.05, 4.69) is 37.0 Å². The molecule has 192 valence electrons. The van der Waals surface area contributed by atoms with E-state index in [-0.39, 0.29) is 18.6 Å². The van der Waals surface area contributed by atoms with Gasteiger partial charge in [-0.3, -0.25) is 19.7 Å². The number of hydrogen-bond donors (Lipinski definition) is 1. The number of amides is 2. The summed E-state index contributed by atoms with van der Waals surface area (Å²) in [4.78, 5) is 36.4. The fourth-order valence-corrected chi connectivity index (χ4v) is 4.79. The predicted octanol–water partition coefficient (Wildman–Crippen LogP) is 6.66. The van der Waals surface area contributed by atoms with Crippen LogP contribution in [0.1, 0.15) is 108 Å². The summed E-state index contributed by atoms with van der Waals surface area (Å²) in [7, 11) is 0. The number of imide groups is 1. The molecule has 0 bridgehead atoms. The molecule has 2 aromatic rings.